The van der Waals surface area contributed by atoms with E-state index < -0.39 is 0 Å². The van der Waals surface area contributed by atoms with Gasteiger partial charge < -0.3 is 10.2 Å². The minimum absolute atomic E-state index is 0.970. The molecule has 2 nitrogen and oxygen atoms in total. The van der Waals surface area contributed by atoms with Gasteiger partial charge in [0.25, 0.3) is 0 Å². The van der Waals surface area contributed by atoms with Crippen LogP contribution >= 0.6 is 22.6 Å². The molecule has 0 saturated carbocycles. The Kier molecular flexibility index (Phi) is 7.00. The quantitative estimate of drug-likeness (QED) is 0.610. The van der Waals surface area contributed by atoms with Crippen LogP contribution in [0.2, 0.25) is 0 Å². The molecule has 0 saturated heterocycles. The van der Waals surface area contributed by atoms with E-state index in [-0.39, 0.29) is 0 Å². The third-order valence-electron chi connectivity index (χ3n) is 2.74. The monoisotopic (exact) mass is 332 g/mol. The molecule has 0 radical (unpaired) electrons. The van der Waals surface area contributed by atoms with Gasteiger partial charge in [0.1, 0.15) is 0 Å². The van der Waals surface area contributed by atoms with Gasteiger partial charge in [-0.3, -0.25) is 0 Å². The lowest BCUT2D eigenvalue weighted by Crippen LogP contribution is -2.31. The first-order valence-electron chi connectivity index (χ1n) is 5.93. The van der Waals surface area contributed by atoms with Crippen molar-refractivity contribution in [2.75, 3.05) is 26.2 Å². The van der Waals surface area contributed by atoms with Crippen molar-refractivity contribution in [3.05, 3.63) is 33.4 Å². The number of hydrogen-bond acceptors (Lipinski definition) is 2. The Morgan fingerprint density at radius 2 is 1.75 bits per heavy atom. The van der Waals surface area contributed by atoms with Crippen molar-refractivity contribution in [1.82, 2.24) is 10.2 Å². The van der Waals surface area contributed by atoms with E-state index >= 15 is 0 Å². The van der Waals surface area contributed by atoms with Crippen molar-refractivity contribution >= 4 is 22.6 Å². The summed E-state index contributed by atoms with van der Waals surface area (Å²) in [5, 5.41) is 3.48. The second-order valence-electron chi connectivity index (χ2n) is 3.83. The fourth-order valence-electron chi connectivity index (χ4n) is 1.61. The smallest absolute Gasteiger partial charge is 0.0206 e. The highest BCUT2D eigenvalue weighted by molar-refractivity contribution is 14.1. The predicted octanol–water partition coefficient (Wildman–Crippen LogP) is 2.72. The van der Waals surface area contributed by atoms with Crippen molar-refractivity contribution < 1.29 is 0 Å². The number of nitrogens with one attached hydrogen (secondary N) is 1. The largest absolute Gasteiger partial charge is 0.311 e. The molecule has 0 heterocycles. The van der Waals surface area contributed by atoms with E-state index in [1.54, 1.807) is 0 Å². The molecule has 0 unspecified atom stereocenters. The molecule has 16 heavy (non-hydrogen) atoms. The van der Waals surface area contributed by atoms with Crippen molar-refractivity contribution in [2.45, 2.75) is 20.4 Å². The maximum absolute atomic E-state index is 3.48. The summed E-state index contributed by atoms with van der Waals surface area (Å²) >= 11 is 2.33. The average Bonchev–Trinajstić information content (AvgIpc) is 2.32. The van der Waals surface area contributed by atoms with Crippen molar-refractivity contribution in [3.63, 3.8) is 0 Å². The first-order chi connectivity index (χ1) is 7.76. The summed E-state index contributed by atoms with van der Waals surface area (Å²) in [6.45, 7) is 9.87. The molecule has 0 aliphatic rings. The van der Waals surface area contributed by atoms with E-state index in [9.17, 15) is 0 Å². The van der Waals surface area contributed by atoms with Gasteiger partial charge in [0, 0.05) is 23.2 Å². The molecule has 0 aromatic heterocycles. The van der Waals surface area contributed by atoms with Gasteiger partial charge in [-0.25, -0.2) is 0 Å². The van der Waals surface area contributed by atoms with Gasteiger partial charge in [0.2, 0.25) is 0 Å². The number of benzene rings is 1. The summed E-state index contributed by atoms with van der Waals surface area (Å²) < 4.78 is 1.30. The molecule has 1 aromatic rings. The zero-order chi connectivity index (χ0) is 11.8. The molecular formula is C13H21IN2. The van der Waals surface area contributed by atoms with E-state index in [1.807, 2.05) is 0 Å². The summed E-state index contributed by atoms with van der Waals surface area (Å²) in [5.41, 5.74) is 1.36. The number of likely N-dealkylation sites (N-methyl/N-ethyl adjacent to an activating group) is 1. The maximum atomic E-state index is 3.48. The van der Waals surface area contributed by atoms with Gasteiger partial charge >= 0.3 is 0 Å². The van der Waals surface area contributed by atoms with E-state index in [2.05, 4.69) is 70.9 Å². The van der Waals surface area contributed by atoms with Crippen molar-refractivity contribution in [2.24, 2.45) is 0 Å². The van der Waals surface area contributed by atoms with Crippen molar-refractivity contribution in [1.29, 1.82) is 0 Å². The second-order valence-corrected chi connectivity index (χ2v) is 5.08. The van der Waals surface area contributed by atoms with Gasteiger partial charge in [-0.05, 0) is 53.4 Å². The van der Waals surface area contributed by atoms with Crippen LogP contribution in [0.4, 0.5) is 0 Å². The fourth-order valence-corrected chi connectivity index (χ4v) is 1.97. The lowest BCUT2D eigenvalue weighted by Gasteiger charge is -2.17. The van der Waals surface area contributed by atoms with Gasteiger partial charge in [-0.2, -0.15) is 0 Å². The average molecular weight is 332 g/mol. The molecule has 0 aliphatic heterocycles. The third kappa shape index (κ3) is 5.27. The van der Waals surface area contributed by atoms with E-state index in [0.717, 1.165) is 32.7 Å². The van der Waals surface area contributed by atoms with Crippen LogP contribution in [0.5, 0.6) is 0 Å². The normalized spacial score (nSPS) is 11.0. The minimum atomic E-state index is 0.970. The van der Waals surface area contributed by atoms with Gasteiger partial charge in [-0.15, -0.1) is 0 Å². The Labute approximate surface area is 113 Å². The molecule has 0 spiro atoms. The molecule has 1 rings (SSSR count). The van der Waals surface area contributed by atoms with E-state index in [4.69, 9.17) is 0 Å². The SMILES string of the molecule is CCN(CC)CCNCc1ccc(I)cc1. The highest BCUT2D eigenvalue weighted by Crippen LogP contribution is 2.06. The number of rotatable bonds is 7. The van der Waals surface area contributed by atoms with Crippen LogP contribution < -0.4 is 5.32 Å². The maximum Gasteiger partial charge on any atom is 0.0206 e. The van der Waals surface area contributed by atoms with Gasteiger partial charge in [-0.1, -0.05) is 26.0 Å². The Morgan fingerprint density at radius 3 is 2.31 bits per heavy atom. The minimum Gasteiger partial charge on any atom is -0.311 e. The zero-order valence-corrected chi connectivity index (χ0v) is 12.3. The van der Waals surface area contributed by atoms with Gasteiger partial charge in [0.05, 0.1) is 0 Å². The molecule has 0 amide bonds. The molecule has 0 fully saturated rings. The lowest BCUT2D eigenvalue weighted by molar-refractivity contribution is 0.302. The summed E-state index contributed by atoms with van der Waals surface area (Å²) in [6, 6.07) is 8.68. The lowest BCUT2D eigenvalue weighted by atomic mass is 10.2. The number of hydrogen-bond donors (Lipinski definition) is 1. The Hall–Kier alpha value is -0.130. The van der Waals surface area contributed by atoms with Crippen LogP contribution in [0.3, 0.4) is 0 Å². The third-order valence-corrected chi connectivity index (χ3v) is 3.46. The topological polar surface area (TPSA) is 15.3 Å². The zero-order valence-electron chi connectivity index (χ0n) is 10.2. The van der Waals surface area contributed by atoms with Crippen LogP contribution in [0.25, 0.3) is 0 Å². The Balaban J connectivity index is 2.18. The van der Waals surface area contributed by atoms with Crippen LogP contribution in [-0.2, 0) is 6.54 Å². The summed E-state index contributed by atoms with van der Waals surface area (Å²) in [5.74, 6) is 0. The molecule has 1 N–H and O–H groups in total. The molecule has 0 atom stereocenters. The Morgan fingerprint density at radius 1 is 1.12 bits per heavy atom. The highest BCUT2D eigenvalue weighted by Gasteiger charge is 1.97. The molecule has 0 aliphatic carbocycles. The van der Waals surface area contributed by atoms with E-state index in [0.29, 0.717) is 0 Å². The molecule has 3 heteroatoms. The molecular weight excluding hydrogens is 311 g/mol. The van der Waals surface area contributed by atoms with Crippen LogP contribution in [0, 0.1) is 3.57 Å². The molecule has 0 bridgehead atoms. The summed E-state index contributed by atoms with van der Waals surface area (Å²) in [6.07, 6.45) is 0. The summed E-state index contributed by atoms with van der Waals surface area (Å²) in [4.78, 5) is 2.43. The second kappa shape index (κ2) is 8.03. The van der Waals surface area contributed by atoms with Crippen LogP contribution in [0.15, 0.2) is 24.3 Å². The van der Waals surface area contributed by atoms with Crippen LogP contribution in [-0.4, -0.2) is 31.1 Å². The van der Waals surface area contributed by atoms with E-state index in [1.165, 1.54) is 9.13 Å². The Bertz CT molecular complexity index is 280. The number of nitrogens with zero attached hydrogens (tertiary/aromatic N) is 1. The van der Waals surface area contributed by atoms with Gasteiger partial charge in [0.15, 0.2) is 0 Å². The summed E-state index contributed by atoms with van der Waals surface area (Å²) in [7, 11) is 0. The highest BCUT2D eigenvalue weighted by atomic mass is 127. The van der Waals surface area contributed by atoms with Crippen molar-refractivity contribution in [3.8, 4) is 0 Å². The van der Waals surface area contributed by atoms with Crippen LogP contribution in [0.1, 0.15) is 19.4 Å². The molecule has 90 valence electrons. The molecule has 1 aromatic carbocycles. The predicted molar refractivity (Wildman–Crippen MR) is 78.7 cm³/mol. The first-order valence-corrected chi connectivity index (χ1v) is 7.01. The number of halogens is 1. The standard InChI is InChI=1S/C13H21IN2/c1-3-16(4-2)10-9-15-11-12-5-7-13(14)8-6-12/h5-8,15H,3-4,9-11H2,1-2H3. The first kappa shape index (κ1) is 13.9. The fraction of sp³-hybridized carbons (Fsp3) is 0.538.